The van der Waals surface area contributed by atoms with Gasteiger partial charge in [0.15, 0.2) is 0 Å². The van der Waals surface area contributed by atoms with Crippen LogP contribution in [0.5, 0.6) is 0 Å². The molecular weight excluding hydrogens is 176 g/mol. The van der Waals surface area contributed by atoms with Crippen LogP contribution < -0.4 is 0 Å². The van der Waals surface area contributed by atoms with Crippen molar-refractivity contribution in [3.8, 4) is 0 Å². The third kappa shape index (κ3) is 2.14. The van der Waals surface area contributed by atoms with E-state index in [1.165, 1.54) is 6.04 Å². The van der Waals surface area contributed by atoms with Crippen molar-refractivity contribution >= 4 is 8.40 Å². The SMILES string of the molecule is CC[Si](N(C)C)(N(C)C)C(C)(C)C. The fourth-order valence-electron chi connectivity index (χ4n) is 2.90. The minimum Gasteiger partial charge on any atom is -0.317 e. The fraction of sp³-hybridized carbons (Fsp3) is 1.00. The van der Waals surface area contributed by atoms with Gasteiger partial charge in [-0.25, -0.2) is 0 Å². The number of hydrogen-bond acceptors (Lipinski definition) is 2. The summed E-state index contributed by atoms with van der Waals surface area (Å²) in [6.07, 6.45) is 0. The molecule has 80 valence electrons. The molecule has 0 saturated heterocycles. The third-order valence-electron chi connectivity index (χ3n) is 3.17. The number of hydrogen-bond donors (Lipinski definition) is 0. The van der Waals surface area contributed by atoms with Crippen LogP contribution in [0.25, 0.3) is 0 Å². The van der Waals surface area contributed by atoms with Gasteiger partial charge in [-0.1, -0.05) is 27.7 Å². The average Bonchev–Trinajstić information content (AvgIpc) is 1.83. The Balaban J connectivity index is 5.12. The Labute approximate surface area is 85.1 Å². The van der Waals surface area contributed by atoms with E-state index in [0.717, 1.165) is 0 Å². The summed E-state index contributed by atoms with van der Waals surface area (Å²) in [5, 5.41) is 0.398. The molecule has 0 aliphatic rings. The van der Waals surface area contributed by atoms with Crippen molar-refractivity contribution in [1.82, 2.24) is 9.13 Å². The minimum absolute atomic E-state index is 0.398. The summed E-state index contributed by atoms with van der Waals surface area (Å²) in [6, 6.07) is 1.27. The van der Waals surface area contributed by atoms with E-state index in [-0.39, 0.29) is 0 Å². The second-order valence-corrected chi connectivity index (χ2v) is 10.8. The van der Waals surface area contributed by atoms with E-state index in [0.29, 0.717) is 5.04 Å². The van der Waals surface area contributed by atoms with E-state index in [9.17, 15) is 0 Å². The standard InChI is InChI=1S/C10H26N2Si/c1-9-13(11(5)6,12(7)8)10(2,3)4/h9H2,1-8H3. The average molecular weight is 202 g/mol. The summed E-state index contributed by atoms with van der Waals surface area (Å²) >= 11 is 0. The van der Waals surface area contributed by atoms with E-state index in [4.69, 9.17) is 0 Å². The first kappa shape index (κ1) is 13.1. The Kier molecular flexibility index (Phi) is 4.15. The quantitative estimate of drug-likeness (QED) is 0.648. The highest BCUT2D eigenvalue weighted by Gasteiger charge is 2.47. The van der Waals surface area contributed by atoms with Crippen LogP contribution in [0.1, 0.15) is 27.7 Å². The van der Waals surface area contributed by atoms with Crippen molar-refractivity contribution in [1.29, 1.82) is 0 Å². The summed E-state index contributed by atoms with van der Waals surface area (Å²) in [7, 11) is 7.43. The smallest absolute Gasteiger partial charge is 0.211 e. The van der Waals surface area contributed by atoms with Crippen molar-refractivity contribution in [3.63, 3.8) is 0 Å². The molecule has 0 saturated carbocycles. The van der Waals surface area contributed by atoms with Gasteiger partial charge in [-0.15, -0.1) is 0 Å². The minimum atomic E-state index is -1.46. The van der Waals surface area contributed by atoms with Crippen molar-refractivity contribution < 1.29 is 0 Å². The predicted molar refractivity (Wildman–Crippen MR) is 63.3 cm³/mol. The zero-order valence-corrected chi connectivity index (χ0v) is 11.6. The van der Waals surface area contributed by atoms with Crippen molar-refractivity contribution in [2.75, 3.05) is 28.2 Å². The van der Waals surface area contributed by atoms with E-state index < -0.39 is 8.40 Å². The molecule has 0 atom stereocenters. The van der Waals surface area contributed by atoms with E-state index in [1.54, 1.807) is 0 Å². The van der Waals surface area contributed by atoms with Gasteiger partial charge in [-0.2, -0.15) is 0 Å². The summed E-state index contributed by atoms with van der Waals surface area (Å²) in [5.41, 5.74) is 0. The molecule has 0 heterocycles. The summed E-state index contributed by atoms with van der Waals surface area (Å²) in [4.78, 5) is 0. The van der Waals surface area contributed by atoms with Crippen LogP contribution in [0.3, 0.4) is 0 Å². The topological polar surface area (TPSA) is 6.48 Å². The molecule has 0 aromatic rings. The molecule has 0 rings (SSSR count). The molecule has 0 spiro atoms. The van der Waals surface area contributed by atoms with Gasteiger partial charge in [0.25, 0.3) is 0 Å². The molecular formula is C10H26N2Si. The zero-order chi connectivity index (χ0) is 10.9. The Morgan fingerprint density at radius 3 is 1.23 bits per heavy atom. The van der Waals surface area contributed by atoms with E-state index in [2.05, 4.69) is 65.0 Å². The highest BCUT2D eigenvalue weighted by molar-refractivity contribution is 6.77. The highest BCUT2D eigenvalue weighted by atomic mass is 28.4. The van der Waals surface area contributed by atoms with Crippen molar-refractivity contribution in [2.24, 2.45) is 0 Å². The fourth-order valence-corrected chi connectivity index (χ4v) is 8.71. The van der Waals surface area contributed by atoms with Gasteiger partial charge in [0, 0.05) is 0 Å². The highest BCUT2D eigenvalue weighted by Crippen LogP contribution is 2.40. The van der Waals surface area contributed by atoms with Gasteiger partial charge in [0.1, 0.15) is 0 Å². The van der Waals surface area contributed by atoms with Crippen molar-refractivity contribution in [2.45, 2.75) is 38.8 Å². The normalized spacial score (nSPS) is 14.3. The molecule has 0 radical (unpaired) electrons. The Hall–Kier alpha value is 0.137. The molecule has 0 bridgehead atoms. The first-order valence-electron chi connectivity index (χ1n) is 5.05. The second-order valence-electron chi connectivity index (χ2n) is 5.21. The zero-order valence-electron chi connectivity index (χ0n) is 10.6. The van der Waals surface area contributed by atoms with Gasteiger partial charge >= 0.3 is 0 Å². The molecule has 3 heteroatoms. The molecule has 0 aromatic heterocycles. The maximum Gasteiger partial charge on any atom is 0.211 e. The molecule has 0 amide bonds. The van der Waals surface area contributed by atoms with Gasteiger partial charge in [-0.05, 0) is 39.3 Å². The molecule has 0 N–H and O–H groups in total. The Morgan fingerprint density at radius 1 is 0.923 bits per heavy atom. The van der Waals surface area contributed by atoms with Gasteiger partial charge in [0.05, 0.1) is 0 Å². The van der Waals surface area contributed by atoms with Crippen LogP contribution in [0.15, 0.2) is 0 Å². The van der Waals surface area contributed by atoms with Gasteiger partial charge in [-0.3, -0.25) is 0 Å². The second kappa shape index (κ2) is 4.11. The van der Waals surface area contributed by atoms with Crippen LogP contribution in [0.2, 0.25) is 11.1 Å². The maximum absolute atomic E-state index is 2.47. The molecule has 13 heavy (non-hydrogen) atoms. The van der Waals surface area contributed by atoms with E-state index in [1.807, 2.05) is 0 Å². The Morgan fingerprint density at radius 2 is 1.23 bits per heavy atom. The molecule has 2 nitrogen and oxygen atoms in total. The summed E-state index contributed by atoms with van der Waals surface area (Å²) in [5.74, 6) is 0. The lowest BCUT2D eigenvalue weighted by Gasteiger charge is -2.51. The first-order valence-corrected chi connectivity index (χ1v) is 7.15. The van der Waals surface area contributed by atoms with Crippen LogP contribution in [0, 0.1) is 0 Å². The molecule has 0 fully saturated rings. The lowest BCUT2D eigenvalue weighted by molar-refractivity contribution is 0.422. The summed E-state index contributed by atoms with van der Waals surface area (Å²) < 4.78 is 4.93. The molecule has 0 aromatic carbocycles. The van der Waals surface area contributed by atoms with E-state index >= 15 is 0 Å². The Bertz CT molecular complexity index is 151. The number of rotatable bonds is 3. The monoisotopic (exact) mass is 202 g/mol. The predicted octanol–water partition coefficient (Wildman–Crippen LogP) is 2.37. The van der Waals surface area contributed by atoms with Crippen LogP contribution >= 0.6 is 0 Å². The van der Waals surface area contributed by atoms with Crippen molar-refractivity contribution in [3.05, 3.63) is 0 Å². The van der Waals surface area contributed by atoms with Crippen LogP contribution in [-0.4, -0.2) is 45.7 Å². The van der Waals surface area contributed by atoms with Crippen LogP contribution in [0.4, 0.5) is 0 Å². The number of nitrogens with zero attached hydrogens (tertiary/aromatic N) is 2. The summed E-state index contributed by atoms with van der Waals surface area (Å²) in [6.45, 7) is 9.41. The van der Waals surface area contributed by atoms with Gasteiger partial charge < -0.3 is 9.13 Å². The van der Waals surface area contributed by atoms with Gasteiger partial charge in [0.2, 0.25) is 8.40 Å². The molecule has 0 unspecified atom stereocenters. The lowest BCUT2D eigenvalue weighted by atomic mass is 10.2. The lowest BCUT2D eigenvalue weighted by Crippen LogP contribution is -2.65. The largest absolute Gasteiger partial charge is 0.317 e. The molecule has 0 aliphatic carbocycles. The maximum atomic E-state index is 2.47. The first-order chi connectivity index (χ1) is 5.70. The molecule has 0 aliphatic heterocycles. The van der Waals surface area contributed by atoms with Crippen LogP contribution in [-0.2, 0) is 0 Å². The third-order valence-corrected chi connectivity index (χ3v) is 9.52.